The van der Waals surface area contributed by atoms with E-state index in [1.165, 1.54) is 148 Å². The van der Waals surface area contributed by atoms with Gasteiger partial charge < -0.3 is 8.80 Å². The second-order valence-electron chi connectivity index (χ2n) is 19.0. The molecule has 0 aliphatic carbocycles. The van der Waals surface area contributed by atoms with Gasteiger partial charge in [-0.2, -0.15) is 0 Å². The van der Waals surface area contributed by atoms with Gasteiger partial charge in [0, 0.05) is 43.1 Å². The van der Waals surface area contributed by atoms with Crippen molar-refractivity contribution >= 4 is 97.7 Å². The van der Waals surface area contributed by atoms with Crippen molar-refractivity contribution in [2.24, 2.45) is 0 Å². The Morgan fingerprint density at radius 3 is 1.52 bits per heavy atom. The van der Waals surface area contributed by atoms with E-state index in [2.05, 4.69) is 235 Å². The molecule has 0 N–H and O–H groups in total. The van der Waals surface area contributed by atoms with Crippen LogP contribution in [0.3, 0.4) is 0 Å². The van der Waals surface area contributed by atoms with Crippen LogP contribution in [0.15, 0.2) is 212 Å². The van der Waals surface area contributed by atoms with Gasteiger partial charge in [0.05, 0.1) is 33.1 Å². The van der Waals surface area contributed by atoms with E-state index in [1.807, 2.05) is 0 Å². The van der Waals surface area contributed by atoms with Gasteiger partial charge in [-0.05, 0) is 138 Å². The molecule has 15 aromatic rings. The molecule has 0 spiro atoms. The van der Waals surface area contributed by atoms with Crippen LogP contribution in [-0.4, -0.2) is 8.80 Å². The Bertz CT molecular complexity index is 4510. The van der Waals surface area contributed by atoms with Gasteiger partial charge in [-0.15, -0.1) is 0 Å². The summed E-state index contributed by atoms with van der Waals surface area (Å²) in [6.07, 6.45) is 0. The zero-order chi connectivity index (χ0) is 44.1. The lowest BCUT2D eigenvalue weighted by atomic mass is 9.92. The minimum Gasteiger partial charge on any atom is -0.308 e. The molecule has 4 aromatic heterocycles. The Morgan fingerprint density at radius 2 is 0.776 bits per heavy atom. The van der Waals surface area contributed by atoms with E-state index >= 15 is 0 Å². The number of aromatic nitrogens is 2. The van der Waals surface area contributed by atoms with Crippen LogP contribution in [0.1, 0.15) is 25.3 Å². The lowest BCUT2D eigenvalue weighted by Gasteiger charge is -2.11. The van der Waals surface area contributed by atoms with E-state index in [1.54, 1.807) is 0 Å². The Morgan fingerprint density at radius 1 is 0.284 bits per heavy atom. The summed E-state index contributed by atoms with van der Waals surface area (Å²) in [7, 11) is 0. The second kappa shape index (κ2) is 13.5. The van der Waals surface area contributed by atoms with E-state index in [0.717, 1.165) is 0 Å². The lowest BCUT2D eigenvalue weighted by Crippen LogP contribution is -1.87. The summed E-state index contributed by atoms with van der Waals surface area (Å²) >= 11 is 0. The number of hydrogen-bond donors (Lipinski definition) is 0. The molecule has 0 aliphatic rings. The SMILES string of the molecule is CC(C)c1ccc(-c2ccc3c(c2)c2cc4ccccc4c4c5cc(-c6cccc7c6cc6c8cc(-c9cccc(-c%10ccccc%10)c9)ccc8n8c9ccccc9c7c68)ccc5n3c24)cc1. The molecule has 4 heterocycles. The first-order valence-corrected chi connectivity index (χ1v) is 23.6. The molecule has 312 valence electrons. The van der Waals surface area contributed by atoms with Crippen LogP contribution in [0.25, 0.3) is 142 Å². The molecule has 2 nitrogen and oxygen atoms in total. The summed E-state index contributed by atoms with van der Waals surface area (Å²) in [5, 5.41) is 15.5. The second-order valence-corrected chi connectivity index (χ2v) is 19.0. The molecule has 0 amide bonds. The number of nitrogens with zero attached hydrogens (tertiary/aromatic N) is 2. The Hall–Kier alpha value is -8.46. The van der Waals surface area contributed by atoms with Gasteiger partial charge >= 0.3 is 0 Å². The molecule has 0 bridgehead atoms. The summed E-state index contributed by atoms with van der Waals surface area (Å²) in [4.78, 5) is 0. The fourth-order valence-electron chi connectivity index (χ4n) is 12.0. The van der Waals surface area contributed by atoms with Crippen molar-refractivity contribution in [3.8, 4) is 44.5 Å². The van der Waals surface area contributed by atoms with Crippen molar-refractivity contribution in [1.29, 1.82) is 0 Å². The summed E-state index contributed by atoms with van der Waals surface area (Å²) in [5.41, 5.74) is 18.8. The summed E-state index contributed by atoms with van der Waals surface area (Å²) in [5.74, 6) is 0.508. The van der Waals surface area contributed by atoms with E-state index in [0.29, 0.717) is 5.92 Å². The predicted octanol–water partition coefficient (Wildman–Crippen LogP) is 18.1. The molecule has 0 fully saturated rings. The molecule has 0 aliphatic heterocycles. The van der Waals surface area contributed by atoms with Gasteiger partial charge in [-0.25, -0.2) is 0 Å². The third-order valence-electron chi connectivity index (χ3n) is 15.1. The van der Waals surface area contributed by atoms with Gasteiger partial charge in [0.2, 0.25) is 0 Å². The Kier molecular flexibility index (Phi) is 7.45. The number of para-hydroxylation sites is 1. The van der Waals surface area contributed by atoms with Gasteiger partial charge in [0.1, 0.15) is 0 Å². The predicted molar refractivity (Wildman–Crippen MR) is 287 cm³/mol. The fourth-order valence-corrected chi connectivity index (χ4v) is 12.0. The molecular formula is C65H42N2. The van der Waals surface area contributed by atoms with E-state index in [-0.39, 0.29) is 0 Å². The Balaban J connectivity index is 0.966. The number of rotatable bonds is 5. The lowest BCUT2D eigenvalue weighted by molar-refractivity contribution is 0.867. The number of benzene rings is 11. The van der Waals surface area contributed by atoms with Gasteiger partial charge in [-0.3, -0.25) is 0 Å². The molecule has 0 atom stereocenters. The van der Waals surface area contributed by atoms with Crippen LogP contribution in [0, 0.1) is 0 Å². The van der Waals surface area contributed by atoms with Crippen LogP contribution in [0.4, 0.5) is 0 Å². The largest absolute Gasteiger partial charge is 0.308 e. The molecule has 11 aromatic carbocycles. The van der Waals surface area contributed by atoms with Crippen molar-refractivity contribution in [3.05, 3.63) is 218 Å². The average Bonchev–Trinajstić information content (AvgIpc) is 4.11. The first kappa shape index (κ1) is 36.8. The van der Waals surface area contributed by atoms with Crippen molar-refractivity contribution in [2.75, 3.05) is 0 Å². The van der Waals surface area contributed by atoms with Crippen LogP contribution in [-0.2, 0) is 0 Å². The normalized spacial score (nSPS) is 12.5. The topological polar surface area (TPSA) is 8.82 Å². The monoisotopic (exact) mass is 850 g/mol. The first-order valence-electron chi connectivity index (χ1n) is 23.6. The average molecular weight is 851 g/mol. The van der Waals surface area contributed by atoms with E-state index < -0.39 is 0 Å². The van der Waals surface area contributed by atoms with Crippen molar-refractivity contribution in [3.63, 3.8) is 0 Å². The fraction of sp³-hybridized carbons (Fsp3) is 0.0462. The van der Waals surface area contributed by atoms with Crippen molar-refractivity contribution < 1.29 is 0 Å². The highest BCUT2D eigenvalue weighted by Crippen LogP contribution is 2.48. The summed E-state index contributed by atoms with van der Waals surface area (Å²) in [6.45, 7) is 4.51. The first-order chi connectivity index (χ1) is 33.1. The van der Waals surface area contributed by atoms with Gasteiger partial charge in [0.25, 0.3) is 0 Å². The molecular weight excluding hydrogens is 809 g/mol. The van der Waals surface area contributed by atoms with Gasteiger partial charge in [-0.1, -0.05) is 166 Å². The Labute approximate surface area is 386 Å². The third-order valence-corrected chi connectivity index (χ3v) is 15.1. The molecule has 0 saturated heterocycles. The van der Waals surface area contributed by atoms with Gasteiger partial charge in [0.15, 0.2) is 0 Å². The molecule has 0 radical (unpaired) electrons. The maximum absolute atomic E-state index is 2.53. The molecule has 15 rings (SSSR count). The quantitative estimate of drug-likeness (QED) is 0.163. The summed E-state index contributed by atoms with van der Waals surface area (Å²) in [6, 6.07) is 79.9. The van der Waals surface area contributed by atoms with Crippen molar-refractivity contribution in [2.45, 2.75) is 19.8 Å². The third kappa shape index (κ3) is 5.10. The van der Waals surface area contributed by atoms with Crippen LogP contribution in [0.2, 0.25) is 0 Å². The van der Waals surface area contributed by atoms with E-state index in [9.17, 15) is 0 Å². The van der Waals surface area contributed by atoms with Crippen molar-refractivity contribution in [1.82, 2.24) is 8.80 Å². The highest BCUT2D eigenvalue weighted by Gasteiger charge is 2.24. The minimum absolute atomic E-state index is 0.508. The maximum Gasteiger partial charge on any atom is 0.0626 e. The van der Waals surface area contributed by atoms with Crippen LogP contribution in [0.5, 0.6) is 0 Å². The maximum atomic E-state index is 2.53. The highest BCUT2D eigenvalue weighted by atomic mass is 14.9. The summed E-state index contributed by atoms with van der Waals surface area (Å²) < 4.78 is 5.04. The minimum atomic E-state index is 0.508. The zero-order valence-corrected chi connectivity index (χ0v) is 37.2. The number of hydrogen-bond acceptors (Lipinski definition) is 0. The zero-order valence-electron chi connectivity index (χ0n) is 37.2. The molecule has 67 heavy (non-hydrogen) atoms. The molecule has 0 saturated carbocycles. The molecule has 2 heteroatoms. The number of fused-ring (bicyclic) bond motifs is 16. The van der Waals surface area contributed by atoms with E-state index in [4.69, 9.17) is 0 Å². The highest BCUT2D eigenvalue weighted by molar-refractivity contribution is 6.34. The molecule has 0 unspecified atom stereocenters. The van der Waals surface area contributed by atoms with Crippen LogP contribution >= 0.6 is 0 Å². The smallest absolute Gasteiger partial charge is 0.0626 e. The standard InChI is InChI=1S/C65H42N2/c1-38(2)39-22-24-41(25-23-39)44-26-29-59-53(33-44)55-35-46-14-6-7-17-49(46)62-57-36-47(28-31-61(57)67(59)64(55)62)48-19-11-20-50-52(48)37-56-54-34-45(43-16-10-15-42(32-43)40-12-4-3-5-13-40)27-30-60(54)66-58-21-9-8-18-51(58)63(50)65(56)66/h3-38H,1-2H3. The van der Waals surface area contributed by atoms with Crippen LogP contribution < -0.4 is 0 Å².